The van der Waals surface area contributed by atoms with Crippen molar-refractivity contribution < 1.29 is 4.74 Å². The van der Waals surface area contributed by atoms with Crippen LogP contribution in [-0.2, 0) is 11.2 Å². The molecular weight excluding hydrogens is 264 g/mol. The van der Waals surface area contributed by atoms with Crippen LogP contribution in [0.4, 0.5) is 0 Å². The van der Waals surface area contributed by atoms with Gasteiger partial charge in [0.05, 0.1) is 11.2 Å². The van der Waals surface area contributed by atoms with Crippen LogP contribution in [0.3, 0.4) is 0 Å². The summed E-state index contributed by atoms with van der Waals surface area (Å²) in [5, 5.41) is 12.1. The van der Waals surface area contributed by atoms with Gasteiger partial charge in [0.2, 0.25) is 0 Å². The highest BCUT2D eigenvalue weighted by Gasteiger charge is 2.45. The Morgan fingerprint density at radius 2 is 2.10 bits per heavy atom. The summed E-state index contributed by atoms with van der Waals surface area (Å²) in [4.78, 5) is 0. The minimum Gasteiger partial charge on any atom is -0.368 e. The van der Waals surface area contributed by atoms with Crippen LogP contribution in [0, 0.1) is 0 Å². The van der Waals surface area contributed by atoms with Crippen molar-refractivity contribution in [3.05, 3.63) is 30.2 Å². The molecule has 0 saturated carbocycles. The zero-order chi connectivity index (χ0) is 15.1. The molecule has 1 fully saturated rings. The molecule has 0 spiro atoms. The van der Waals surface area contributed by atoms with E-state index in [0.717, 1.165) is 30.9 Å². The number of pyridine rings is 1. The lowest BCUT2D eigenvalue weighted by atomic mass is 9.94. The van der Waals surface area contributed by atoms with Crippen molar-refractivity contribution >= 4 is 5.65 Å². The maximum absolute atomic E-state index is 6.11. The van der Waals surface area contributed by atoms with Crippen molar-refractivity contribution in [2.75, 3.05) is 6.54 Å². The lowest BCUT2D eigenvalue weighted by molar-refractivity contribution is -0.0697. The second kappa shape index (κ2) is 5.07. The topological polar surface area (TPSA) is 51.5 Å². The molecule has 2 aromatic heterocycles. The summed E-state index contributed by atoms with van der Waals surface area (Å²) in [5.41, 5.74) is 0.720. The molecule has 0 aliphatic carbocycles. The third-order valence-electron chi connectivity index (χ3n) is 4.20. The van der Waals surface area contributed by atoms with Gasteiger partial charge in [-0.15, -0.1) is 10.2 Å². The van der Waals surface area contributed by atoms with E-state index in [0.29, 0.717) is 6.04 Å². The molecule has 1 saturated heterocycles. The second-order valence-electron chi connectivity index (χ2n) is 6.97. The molecule has 1 atom stereocenters. The van der Waals surface area contributed by atoms with Gasteiger partial charge in [0.15, 0.2) is 5.65 Å². The molecule has 3 rings (SSSR count). The minimum absolute atomic E-state index is 0.0529. The summed E-state index contributed by atoms with van der Waals surface area (Å²) in [6.45, 7) is 9.51. The Hall–Kier alpha value is -1.46. The molecule has 1 aliphatic heterocycles. The van der Waals surface area contributed by atoms with Crippen LogP contribution in [0.2, 0.25) is 0 Å². The van der Waals surface area contributed by atoms with E-state index in [1.807, 2.05) is 28.8 Å². The number of aromatic nitrogens is 3. The van der Waals surface area contributed by atoms with Crippen LogP contribution in [0.5, 0.6) is 0 Å². The van der Waals surface area contributed by atoms with E-state index >= 15 is 0 Å². The van der Waals surface area contributed by atoms with E-state index in [4.69, 9.17) is 4.74 Å². The SMILES string of the molecule is CC1(C)CC(NCCc2nnc3ccccn23)C(C)(C)O1. The van der Waals surface area contributed by atoms with Crippen LogP contribution < -0.4 is 5.32 Å². The summed E-state index contributed by atoms with van der Waals surface area (Å²) in [6, 6.07) is 6.32. The molecule has 0 bridgehead atoms. The lowest BCUT2D eigenvalue weighted by Gasteiger charge is -2.27. The molecule has 3 heterocycles. The average Bonchev–Trinajstić information content (AvgIpc) is 2.88. The van der Waals surface area contributed by atoms with Crippen LogP contribution in [-0.4, -0.2) is 38.4 Å². The van der Waals surface area contributed by atoms with Crippen LogP contribution in [0.25, 0.3) is 5.65 Å². The summed E-state index contributed by atoms with van der Waals surface area (Å²) < 4.78 is 8.15. The number of nitrogens with zero attached hydrogens (tertiary/aromatic N) is 3. The van der Waals surface area contributed by atoms with E-state index in [1.54, 1.807) is 0 Å². The van der Waals surface area contributed by atoms with Gasteiger partial charge in [0, 0.05) is 25.2 Å². The third kappa shape index (κ3) is 2.94. The van der Waals surface area contributed by atoms with Gasteiger partial charge in [-0.2, -0.15) is 0 Å². The first-order valence-electron chi connectivity index (χ1n) is 7.60. The Balaban J connectivity index is 1.62. The van der Waals surface area contributed by atoms with Gasteiger partial charge in [-0.1, -0.05) is 6.07 Å². The summed E-state index contributed by atoms with van der Waals surface area (Å²) in [7, 11) is 0. The molecule has 2 aromatic rings. The fourth-order valence-electron chi connectivity index (χ4n) is 3.30. The number of hydrogen-bond acceptors (Lipinski definition) is 4. The number of hydrogen-bond donors (Lipinski definition) is 1. The van der Waals surface area contributed by atoms with Crippen molar-refractivity contribution in [3.8, 4) is 0 Å². The Morgan fingerprint density at radius 1 is 1.29 bits per heavy atom. The Labute approximate surface area is 125 Å². The van der Waals surface area contributed by atoms with Crippen LogP contribution in [0.15, 0.2) is 24.4 Å². The van der Waals surface area contributed by atoms with Crippen molar-refractivity contribution in [1.29, 1.82) is 0 Å². The average molecular weight is 288 g/mol. The van der Waals surface area contributed by atoms with Crippen molar-refractivity contribution in [2.24, 2.45) is 0 Å². The highest BCUT2D eigenvalue weighted by atomic mass is 16.5. The zero-order valence-electron chi connectivity index (χ0n) is 13.3. The second-order valence-corrected chi connectivity index (χ2v) is 6.97. The fraction of sp³-hybridized carbons (Fsp3) is 0.625. The standard InChI is InChI=1S/C16H24N4O/c1-15(2)11-12(16(3,4)21-15)17-9-8-14-19-18-13-7-5-6-10-20(13)14/h5-7,10,12,17H,8-9,11H2,1-4H3. The first-order chi connectivity index (χ1) is 9.87. The van der Waals surface area contributed by atoms with Gasteiger partial charge in [-0.25, -0.2) is 0 Å². The first kappa shape index (κ1) is 14.5. The fourth-order valence-corrected chi connectivity index (χ4v) is 3.30. The van der Waals surface area contributed by atoms with Crippen molar-refractivity contribution in [1.82, 2.24) is 19.9 Å². The number of nitrogens with one attached hydrogen (secondary N) is 1. The number of fused-ring (bicyclic) bond motifs is 1. The highest BCUT2D eigenvalue weighted by Crippen LogP contribution is 2.37. The maximum Gasteiger partial charge on any atom is 0.160 e. The normalized spacial score (nSPS) is 23.7. The number of rotatable bonds is 4. The quantitative estimate of drug-likeness (QED) is 0.937. The molecule has 0 amide bonds. The van der Waals surface area contributed by atoms with Gasteiger partial charge < -0.3 is 10.1 Å². The molecule has 0 radical (unpaired) electrons. The smallest absolute Gasteiger partial charge is 0.160 e. The molecular formula is C16H24N4O. The molecule has 1 unspecified atom stereocenters. The third-order valence-corrected chi connectivity index (χ3v) is 4.20. The lowest BCUT2D eigenvalue weighted by Crippen LogP contribution is -2.44. The molecule has 21 heavy (non-hydrogen) atoms. The first-order valence-corrected chi connectivity index (χ1v) is 7.60. The largest absolute Gasteiger partial charge is 0.368 e. The molecule has 5 heteroatoms. The predicted octanol–water partition coefficient (Wildman–Crippen LogP) is 2.21. The predicted molar refractivity (Wildman–Crippen MR) is 82.3 cm³/mol. The summed E-state index contributed by atoms with van der Waals surface area (Å²) >= 11 is 0. The van der Waals surface area contributed by atoms with Gasteiger partial charge in [-0.3, -0.25) is 4.40 Å². The number of ether oxygens (including phenoxy) is 1. The van der Waals surface area contributed by atoms with E-state index in [1.165, 1.54) is 0 Å². The van der Waals surface area contributed by atoms with E-state index < -0.39 is 0 Å². The minimum atomic E-state index is -0.129. The van der Waals surface area contributed by atoms with Gasteiger partial charge in [-0.05, 0) is 46.2 Å². The van der Waals surface area contributed by atoms with E-state index in [-0.39, 0.29) is 11.2 Å². The summed E-state index contributed by atoms with van der Waals surface area (Å²) in [5.74, 6) is 0.995. The molecule has 0 aromatic carbocycles. The van der Waals surface area contributed by atoms with Crippen molar-refractivity contribution in [3.63, 3.8) is 0 Å². The molecule has 114 valence electrons. The molecule has 1 aliphatic rings. The van der Waals surface area contributed by atoms with Gasteiger partial charge >= 0.3 is 0 Å². The van der Waals surface area contributed by atoms with E-state index in [2.05, 4.69) is 43.2 Å². The Kier molecular flexibility index (Phi) is 3.50. The highest BCUT2D eigenvalue weighted by molar-refractivity contribution is 5.37. The summed E-state index contributed by atoms with van der Waals surface area (Å²) in [6.07, 6.45) is 3.90. The van der Waals surface area contributed by atoms with Gasteiger partial charge in [0.1, 0.15) is 5.82 Å². The van der Waals surface area contributed by atoms with Crippen molar-refractivity contribution in [2.45, 2.75) is 57.8 Å². The monoisotopic (exact) mass is 288 g/mol. The Morgan fingerprint density at radius 3 is 2.81 bits per heavy atom. The van der Waals surface area contributed by atoms with Crippen LogP contribution >= 0.6 is 0 Å². The molecule has 5 nitrogen and oxygen atoms in total. The maximum atomic E-state index is 6.11. The van der Waals surface area contributed by atoms with Crippen LogP contribution in [0.1, 0.15) is 39.9 Å². The zero-order valence-corrected chi connectivity index (χ0v) is 13.3. The molecule has 1 N–H and O–H groups in total. The Bertz CT molecular complexity index is 632. The van der Waals surface area contributed by atoms with Gasteiger partial charge in [0.25, 0.3) is 0 Å². The van der Waals surface area contributed by atoms with E-state index in [9.17, 15) is 0 Å².